The van der Waals surface area contributed by atoms with Crippen molar-refractivity contribution in [2.45, 2.75) is 52.8 Å². The van der Waals surface area contributed by atoms with Gasteiger partial charge in [0.15, 0.2) is 0 Å². The Hall–Kier alpha value is -1.27. The van der Waals surface area contributed by atoms with Crippen LogP contribution in [-0.2, 0) is 9.59 Å². The molecule has 1 amide bonds. The number of carbonyl (C=O) groups excluding carboxylic acids is 1. The molecule has 0 fully saturated rings. The summed E-state index contributed by atoms with van der Waals surface area (Å²) in [4.78, 5) is 23.6. The molecule has 0 radical (unpaired) electrons. The Morgan fingerprint density at radius 3 is 2.05 bits per heavy atom. The fourth-order valence-electron chi connectivity index (χ4n) is 1.44. The van der Waals surface area contributed by atoms with Crippen molar-refractivity contribution >= 4 is 11.9 Å². The van der Waals surface area contributed by atoms with Crippen molar-refractivity contribution in [1.82, 2.24) is 4.90 Å². The van der Waals surface area contributed by atoms with Crippen LogP contribution in [0.2, 0.25) is 0 Å². The molecule has 0 aliphatic carbocycles. The topological polar surface area (TPSA) is 57.6 Å². The number of hydrogen-bond acceptors (Lipinski definition) is 2. The van der Waals surface area contributed by atoms with Gasteiger partial charge in [0.2, 0.25) is 5.91 Å². The van der Waals surface area contributed by atoms with Crippen LogP contribution in [-0.4, -0.2) is 40.6 Å². The molecule has 0 aromatic rings. The van der Waals surface area contributed by atoms with Gasteiger partial charge in [-0.2, -0.15) is 13.2 Å². The quantitative estimate of drug-likeness (QED) is 0.815. The zero-order chi connectivity index (χ0) is 15.4. The fourth-order valence-corrected chi connectivity index (χ4v) is 1.44. The first kappa shape index (κ1) is 17.7. The van der Waals surface area contributed by atoms with Crippen LogP contribution >= 0.6 is 0 Å². The standard InChI is InChI=1S/C12H20F3NO3/c1-5-8(2)16(7-10(18)19)9(17)6-11(3,4)12(13,14)15/h8H,5-7H2,1-4H3,(H,18,19). The highest BCUT2D eigenvalue weighted by Crippen LogP contribution is 2.40. The first-order valence-electron chi connectivity index (χ1n) is 6.00. The normalized spacial score (nSPS) is 14.1. The van der Waals surface area contributed by atoms with E-state index in [2.05, 4.69) is 0 Å². The summed E-state index contributed by atoms with van der Waals surface area (Å²) in [5.74, 6) is -2.03. The number of carboxylic acid groups (broad SMARTS) is 1. The SMILES string of the molecule is CCC(C)N(CC(=O)O)C(=O)CC(C)(C)C(F)(F)F. The lowest BCUT2D eigenvalue weighted by Crippen LogP contribution is -2.45. The van der Waals surface area contributed by atoms with E-state index in [9.17, 15) is 22.8 Å². The highest BCUT2D eigenvalue weighted by Gasteiger charge is 2.49. The summed E-state index contributed by atoms with van der Waals surface area (Å²) in [7, 11) is 0. The molecule has 4 nitrogen and oxygen atoms in total. The Kier molecular flexibility index (Phi) is 5.83. The Balaban J connectivity index is 4.97. The van der Waals surface area contributed by atoms with Gasteiger partial charge in [-0.1, -0.05) is 20.8 Å². The maximum atomic E-state index is 12.7. The van der Waals surface area contributed by atoms with Crippen molar-refractivity contribution in [2.24, 2.45) is 5.41 Å². The zero-order valence-electron chi connectivity index (χ0n) is 11.5. The molecule has 0 rings (SSSR count). The van der Waals surface area contributed by atoms with Gasteiger partial charge in [-0.05, 0) is 13.3 Å². The minimum Gasteiger partial charge on any atom is -0.480 e. The third-order valence-electron chi connectivity index (χ3n) is 3.11. The molecule has 7 heteroatoms. The first-order chi connectivity index (χ1) is 8.42. The van der Waals surface area contributed by atoms with Crippen LogP contribution in [0, 0.1) is 5.41 Å². The van der Waals surface area contributed by atoms with Crippen molar-refractivity contribution in [3.05, 3.63) is 0 Å². The van der Waals surface area contributed by atoms with E-state index in [0.29, 0.717) is 6.42 Å². The molecular formula is C12H20F3NO3. The molecule has 0 aromatic carbocycles. The maximum absolute atomic E-state index is 12.7. The lowest BCUT2D eigenvalue weighted by Gasteiger charge is -2.32. The molecule has 19 heavy (non-hydrogen) atoms. The van der Waals surface area contributed by atoms with Gasteiger partial charge < -0.3 is 10.0 Å². The molecule has 1 unspecified atom stereocenters. The van der Waals surface area contributed by atoms with Gasteiger partial charge in [0, 0.05) is 12.5 Å². The number of halogens is 3. The Labute approximate surface area is 110 Å². The van der Waals surface area contributed by atoms with Crippen molar-refractivity contribution in [2.75, 3.05) is 6.54 Å². The monoisotopic (exact) mass is 283 g/mol. The number of hydrogen-bond donors (Lipinski definition) is 1. The average molecular weight is 283 g/mol. The number of nitrogens with zero attached hydrogens (tertiary/aromatic N) is 1. The second-order valence-electron chi connectivity index (χ2n) is 5.23. The summed E-state index contributed by atoms with van der Waals surface area (Å²) in [5.41, 5.74) is -2.17. The van der Waals surface area contributed by atoms with E-state index in [4.69, 9.17) is 5.11 Å². The van der Waals surface area contributed by atoms with Gasteiger partial charge in [0.1, 0.15) is 6.54 Å². The molecule has 0 aliphatic heterocycles. The Bertz CT molecular complexity index is 340. The van der Waals surface area contributed by atoms with Crippen molar-refractivity contribution in [3.8, 4) is 0 Å². The molecule has 0 saturated carbocycles. The highest BCUT2D eigenvalue weighted by molar-refractivity contribution is 5.82. The van der Waals surface area contributed by atoms with Gasteiger partial charge >= 0.3 is 12.1 Å². The lowest BCUT2D eigenvalue weighted by molar-refractivity contribution is -0.215. The van der Waals surface area contributed by atoms with E-state index >= 15 is 0 Å². The second kappa shape index (κ2) is 6.25. The van der Waals surface area contributed by atoms with Crippen molar-refractivity contribution in [1.29, 1.82) is 0 Å². The molecule has 112 valence electrons. The van der Waals surface area contributed by atoms with Crippen LogP contribution in [0.25, 0.3) is 0 Å². The van der Waals surface area contributed by atoms with E-state index in [1.165, 1.54) is 0 Å². The molecule has 0 saturated heterocycles. The summed E-state index contributed by atoms with van der Waals surface area (Å²) in [5, 5.41) is 8.72. The van der Waals surface area contributed by atoms with Gasteiger partial charge in [-0.15, -0.1) is 0 Å². The van der Waals surface area contributed by atoms with E-state index in [0.717, 1.165) is 18.7 Å². The van der Waals surface area contributed by atoms with Crippen molar-refractivity contribution in [3.63, 3.8) is 0 Å². The molecule has 0 aromatic heterocycles. The van der Waals surface area contributed by atoms with Gasteiger partial charge in [0.05, 0.1) is 5.41 Å². The van der Waals surface area contributed by atoms with Crippen LogP contribution in [0.15, 0.2) is 0 Å². The third-order valence-corrected chi connectivity index (χ3v) is 3.11. The molecule has 0 bridgehead atoms. The summed E-state index contributed by atoms with van der Waals surface area (Å²) in [6, 6.07) is -0.410. The van der Waals surface area contributed by atoms with Gasteiger partial charge in [0.25, 0.3) is 0 Å². The van der Waals surface area contributed by atoms with Crippen LogP contribution < -0.4 is 0 Å². The number of carbonyl (C=O) groups is 2. The minimum atomic E-state index is -4.51. The van der Waals surface area contributed by atoms with Gasteiger partial charge in [-0.25, -0.2) is 0 Å². The van der Waals surface area contributed by atoms with E-state index in [1.54, 1.807) is 13.8 Å². The number of carboxylic acids is 1. The lowest BCUT2D eigenvalue weighted by atomic mass is 9.87. The molecule has 1 atom stereocenters. The Morgan fingerprint density at radius 2 is 1.74 bits per heavy atom. The molecule has 0 spiro atoms. The van der Waals surface area contributed by atoms with E-state index in [1.807, 2.05) is 0 Å². The molecule has 0 aliphatic rings. The summed E-state index contributed by atoms with van der Waals surface area (Å²) in [6.45, 7) is 4.63. The predicted molar refractivity (Wildman–Crippen MR) is 63.6 cm³/mol. The second-order valence-corrected chi connectivity index (χ2v) is 5.23. The van der Waals surface area contributed by atoms with Crippen LogP contribution in [0.3, 0.4) is 0 Å². The number of amides is 1. The zero-order valence-corrected chi connectivity index (χ0v) is 11.5. The molecular weight excluding hydrogens is 263 g/mol. The fraction of sp³-hybridized carbons (Fsp3) is 0.833. The Morgan fingerprint density at radius 1 is 1.26 bits per heavy atom. The summed E-state index contributed by atoms with van der Waals surface area (Å²) in [6.07, 6.45) is -4.79. The van der Waals surface area contributed by atoms with Crippen LogP contribution in [0.4, 0.5) is 13.2 Å². The molecule has 1 N–H and O–H groups in total. The van der Waals surface area contributed by atoms with Crippen LogP contribution in [0.1, 0.15) is 40.5 Å². The smallest absolute Gasteiger partial charge is 0.394 e. The molecule has 0 heterocycles. The number of aliphatic carboxylic acids is 1. The van der Waals surface area contributed by atoms with E-state index < -0.39 is 42.5 Å². The average Bonchev–Trinajstić information content (AvgIpc) is 2.22. The van der Waals surface area contributed by atoms with Gasteiger partial charge in [-0.3, -0.25) is 9.59 Å². The number of alkyl halides is 3. The largest absolute Gasteiger partial charge is 0.480 e. The highest BCUT2D eigenvalue weighted by atomic mass is 19.4. The van der Waals surface area contributed by atoms with Crippen molar-refractivity contribution < 1.29 is 27.9 Å². The predicted octanol–water partition coefficient (Wildman–Crippen LogP) is 2.68. The third kappa shape index (κ3) is 5.08. The van der Waals surface area contributed by atoms with Crippen LogP contribution in [0.5, 0.6) is 0 Å². The summed E-state index contributed by atoms with van der Waals surface area (Å²) >= 11 is 0. The van der Waals surface area contributed by atoms with E-state index in [-0.39, 0.29) is 0 Å². The first-order valence-corrected chi connectivity index (χ1v) is 6.00. The minimum absolute atomic E-state index is 0.410. The maximum Gasteiger partial charge on any atom is 0.394 e. The number of rotatable bonds is 6. The summed E-state index contributed by atoms with van der Waals surface area (Å²) < 4.78 is 38.1.